The average molecular weight is 358 g/mol. The van der Waals surface area contributed by atoms with Gasteiger partial charge in [0.25, 0.3) is 5.91 Å². The van der Waals surface area contributed by atoms with E-state index in [-0.39, 0.29) is 18.4 Å². The summed E-state index contributed by atoms with van der Waals surface area (Å²) in [6.45, 7) is 4.02. The highest BCUT2D eigenvalue weighted by Crippen LogP contribution is 2.18. The molecule has 2 N–H and O–H groups in total. The molecule has 0 bridgehead atoms. The van der Waals surface area contributed by atoms with E-state index in [9.17, 15) is 9.59 Å². The van der Waals surface area contributed by atoms with Crippen LogP contribution in [-0.2, 0) is 9.59 Å². The van der Waals surface area contributed by atoms with Gasteiger partial charge in [-0.3, -0.25) is 9.59 Å². The third-order valence-electron chi connectivity index (χ3n) is 3.24. The SMILES string of the molecule is CC(=O)Nc1cccc(OCC(=O)NCCSc2ccc(C)cc2)c1. The molecular formula is C19H22N2O3S. The van der Waals surface area contributed by atoms with Gasteiger partial charge in [-0.05, 0) is 31.2 Å². The first-order chi connectivity index (χ1) is 12.0. The summed E-state index contributed by atoms with van der Waals surface area (Å²) < 4.78 is 5.45. The van der Waals surface area contributed by atoms with Gasteiger partial charge in [-0.2, -0.15) is 0 Å². The Kier molecular flexibility index (Phi) is 7.35. The van der Waals surface area contributed by atoms with E-state index in [1.54, 1.807) is 36.0 Å². The van der Waals surface area contributed by atoms with Gasteiger partial charge in [0.05, 0.1) is 0 Å². The molecule has 0 aliphatic heterocycles. The van der Waals surface area contributed by atoms with Crippen molar-refractivity contribution >= 4 is 29.3 Å². The van der Waals surface area contributed by atoms with Gasteiger partial charge < -0.3 is 15.4 Å². The summed E-state index contributed by atoms with van der Waals surface area (Å²) in [6, 6.07) is 15.2. The lowest BCUT2D eigenvalue weighted by atomic mass is 10.2. The van der Waals surface area contributed by atoms with E-state index in [1.807, 2.05) is 0 Å². The van der Waals surface area contributed by atoms with Crippen molar-refractivity contribution in [3.05, 3.63) is 54.1 Å². The number of anilines is 1. The zero-order valence-corrected chi connectivity index (χ0v) is 15.2. The Labute approximate surface area is 152 Å². The van der Waals surface area contributed by atoms with E-state index >= 15 is 0 Å². The van der Waals surface area contributed by atoms with Crippen LogP contribution in [0, 0.1) is 6.92 Å². The summed E-state index contributed by atoms with van der Waals surface area (Å²) >= 11 is 1.70. The normalized spacial score (nSPS) is 10.2. The Morgan fingerprint density at radius 2 is 1.88 bits per heavy atom. The summed E-state index contributed by atoms with van der Waals surface area (Å²) in [5.41, 5.74) is 1.87. The topological polar surface area (TPSA) is 67.4 Å². The largest absolute Gasteiger partial charge is 0.484 e. The van der Waals surface area contributed by atoms with Crippen molar-refractivity contribution in [1.29, 1.82) is 0 Å². The monoisotopic (exact) mass is 358 g/mol. The molecular weight excluding hydrogens is 336 g/mol. The minimum absolute atomic E-state index is 0.0568. The van der Waals surface area contributed by atoms with Crippen LogP contribution in [0.1, 0.15) is 12.5 Å². The lowest BCUT2D eigenvalue weighted by Gasteiger charge is -2.09. The number of nitrogens with one attached hydrogen (secondary N) is 2. The van der Waals surface area contributed by atoms with Crippen molar-refractivity contribution in [2.45, 2.75) is 18.7 Å². The molecule has 0 radical (unpaired) electrons. The number of amides is 2. The highest BCUT2D eigenvalue weighted by Gasteiger charge is 2.04. The van der Waals surface area contributed by atoms with Gasteiger partial charge in [0.2, 0.25) is 5.91 Å². The number of aryl methyl sites for hydroxylation is 1. The van der Waals surface area contributed by atoms with Gasteiger partial charge in [0.1, 0.15) is 5.75 Å². The van der Waals surface area contributed by atoms with E-state index in [1.165, 1.54) is 17.4 Å². The molecule has 0 aliphatic rings. The maximum atomic E-state index is 11.8. The lowest BCUT2D eigenvalue weighted by Crippen LogP contribution is -2.30. The molecule has 2 aromatic rings. The second kappa shape index (κ2) is 9.74. The molecule has 2 aromatic carbocycles. The van der Waals surface area contributed by atoms with Crippen LogP contribution in [-0.4, -0.2) is 30.7 Å². The smallest absolute Gasteiger partial charge is 0.257 e. The molecule has 0 aliphatic carbocycles. The molecule has 5 nitrogen and oxygen atoms in total. The molecule has 0 spiro atoms. The minimum atomic E-state index is -0.172. The summed E-state index contributed by atoms with van der Waals surface area (Å²) in [4.78, 5) is 24.0. The number of hydrogen-bond donors (Lipinski definition) is 2. The van der Waals surface area contributed by atoms with Crippen molar-refractivity contribution in [1.82, 2.24) is 5.32 Å². The number of ether oxygens (including phenoxy) is 1. The second-order valence-corrected chi connectivity index (χ2v) is 6.68. The summed E-state index contributed by atoms with van der Waals surface area (Å²) in [6.07, 6.45) is 0. The van der Waals surface area contributed by atoms with E-state index in [0.717, 1.165) is 5.75 Å². The van der Waals surface area contributed by atoms with Crippen molar-refractivity contribution in [3.8, 4) is 5.75 Å². The van der Waals surface area contributed by atoms with Crippen LogP contribution in [0.5, 0.6) is 5.75 Å². The zero-order valence-electron chi connectivity index (χ0n) is 14.4. The minimum Gasteiger partial charge on any atom is -0.484 e. The van der Waals surface area contributed by atoms with E-state index in [2.05, 4.69) is 41.8 Å². The van der Waals surface area contributed by atoms with Crippen LogP contribution in [0.4, 0.5) is 5.69 Å². The summed E-state index contributed by atoms with van der Waals surface area (Å²) in [7, 11) is 0. The maximum Gasteiger partial charge on any atom is 0.257 e. The Morgan fingerprint density at radius 3 is 2.60 bits per heavy atom. The first kappa shape index (κ1) is 18.9. The van der Waals surface area contributed by atoms with Crippen LogP contribution in [0.25, 0.3) is 0 Å². The predicted molar refractivity (Wildman–Crippen MR) is 101 cm³/mol. The Balaban J connectivity index is 1.67. The fraction of sp³-hybridized carbons (Fsp3) is 0.263. The number of rotatable bonds is 8. The molecule has 2 rings (SSSR count). The van der Waals surface area contributed by atoms with E-state index in [0.29, 0.717) is 18.0 Å². The molecule has 0 heterocycles. The number of carbonyl (C=O) groups is 2. The molecule has 25 heavy (non-hydrogen) atoms. The Bertz CT molecular complexity index is 717. The number of thioether (sulfide) groups is 1. The highest BCUT2D eigenvalue weighted by molar-refractivity contribution is 7.99. The quantitative estimate of drug-likeness (QED) is 0.561. The van der Waals surface area contributed by atoms with Crippen molar-refractivity contribution < 1.29 is 14.3 Å². The zero-order chi connectivity index (χ0) is 18.1. The molecule has 0 saturated carbocycles. The van der Waals surface area contributed by atoms with Gasteiger partial charge in [-0.15, -0.1) is 11.8 Å². The van der Waals surface area contributed by atoms with Crippen molar-refractivity contribution in [3.63, 3.8) is 0 Å². The lowest BCUT2D eigenvalue weighted by molar-refractivity contribution is -0.123. The summed E-state index contributed by atoms with van der Waals surface area (Å²) in [5, 5.41) is 5.50. The third kappa shape index (κ3) is 7.30. The molecule has 6 heteroatoms. The van der Waals surface area contributed by atoms with Crippen LogP contribution in [0.2, 0.25) is 0 Å². The standard InChI is InChI=1S/C19H22N2O3S/c1-14-6-8-18(9-7-14)25-11-10-20-19(23)13-24-17-5-3-4-16(12-17)21-15(2)22/h3-9,12H,10-11,13H2,1-2H3,(H,20,23)(H,21,22). The number of carbonyl (C=O) groups excluding carboxylic acids is 2. The first-order valence-electron chi connectivity index (χ1n) is 7.99. The summed E-state index contributed by atoms with van der Waals surface area (Å²) in [5.74, 6) is 1.01. The van der Waals surface area contributed by atoms with Gasteiger partial charge in [0.15, 0.2) is 6.61 Å². The number of hydrogen-bond acceptors (Lipinski definition) is 4. The average Bonchev–Trinajstić information content (AvgIpc) is 2.58. The predicted octanol–water partition coefficient (Wildman–Crippen LogP) is 3.24. The van der Waals surface area contributed by atoms with Gasteiger partial charge in [0, 0.05) is 35.9 Å². The van der Waals surface area contributed by atoms with Crippen molar-refractivity contribution in [2.24, 2.45) is 0 Å². The fourth-order valence-electron chi connectivity index (χ4n) is 2.06. The molecule has 0 atom stereocenters. The Hall–Kier alpha value is -2.47. The molecule has 0 unspecified atom stereocenters. The van der Waals surface area contributed by atoms with E-state index in [4.69, 9.17) is 4.74 Å². The van der Waals surface area contributed by atoms with Crippen LogP contribution >= 0.6 is 11.8 Å². The molecule has 0 saturated heterocycles. The first-order valence-corrected chi connectivity index (χ1v) is 8.98. The van der Waals surface area contributed by atoms with Crippen LogP contribution < -0.4 is 15.4 Å². The third-order valence-corrected chi connectivity index (χ3v) is 4.25. The van der Waals surface area contributed by atoms with Crippen molar-refractivity contribution in [2.75, 3.05) is 24.2 Å². The van der Waals surface area contributed by atoms with Gasteiger partial charge in [-0.1, -0.05) is 23.8 Å². The molecule has 0 aromatic heterocycles. The van der Waals surface area contributed by atoms with E-state index < -0.39 is 0 Å². The highest BCUT2D eigenvalue weighted by atomic mass is 32.2. The number of benzene rings is 2. The molecule has 0 fully saturated rings. The van der Waals surface area contributed by atoms with Gasteiger partial charge >= 0.3 is 0 Å². The fourth-order valence-corrected chi connectivity index (χ4v) is 2.83. The maximum absolute atomic E-state index is 11.8. The van der Waals surface area contributed by atoms with Crippen LogP contribution in [0.3, 0.4) is 0 Å². The van der Waals surface area contributed by atoms with Gasteiger partial charge in [-0.25, -0.2) is 0 Å². The Morgan fingerprint density at radius 1 is 1.12 bits per heavy atom. The molecule has 2 amide bonds. The second-order valence-electron chi connectivity index (χ2n) is 5.51. The van der Waals surface area contributed by atoms with Crippen LogP contribution in [0.15, 0.2) is 53.4 Å². The molecule has 132 valence electrons.